The molecular weight excluding hydrogens is 376 g/mol. The van der Waals surface area contributed by atoms with E-state index in [0.717, 1.165) is 50.9 Å². The molecule has 2 N–H and O–H groups in total. The quantitative estimate of drug-likeness (QED) is 0.814. The molecule has 1 amide bonds. The highest BCUT2D eigenvalue weighted by atomic mass is 35.5. The van der Waals surface area contributed by atoms with Crippen LogP contribution in [0.1, 0.15) is 64.4 Å². The molecule has 1 aromatic carbocycles. The average molecular weight is 403 g/mol. The van der Waals surface area contributed by atoms with Crippen LogP contribution in [0.2, 0.25) is 0 Å². The van der Waals surface area contributed by atoms with E-state index in [1.165, 1.54) is 17.5 Å². The molecule has 0 atom stereocenters. The second kappa shape index (κ2) is 8.93. The van der Waals surface area contributed by atoms with Crippen LogP contribution in [0.15, 0.2) is 33.5 Å². The molecule has 1 saturated heterocycles. The second-order valence-corrected chi connectivity index (χ2v) is 7.62. The molecule has 1 aliphatic carbocycles. The summed E-state index contributed by atoms with van der Waals surface area (Å²) in [6.45, 7) is 3.67. The maximum Gasteiger partial charge on any atom is 0.349 e. The van der Waals surface area contributed by atoms with Gasteiger partial charge in [0.15, 0.2) is 0 Å². The first-order valence-electron chi connectivity index (χ1n) is 9.91. The van der Waals surface area contributed by atoms with E-state index in [4.69, 9.17) is 4.42 Å². The van der Waals surface area contributed by atoms with Crippen LogP contribution in [0.4, 0.5) is 5.69 Å². The topological polar surface area (TPSA) is 71.3 Å². The van der Waals surface area contributed by atoms with Gasteiger partial charge in [-0.15, -0.1) is 12.4 Å². The van der Waals surface area contributed by atoms with Gasteiger partial charge < -0.3 is 15.1 Å². The summed E-state index contributed by atoms with van der Waals surface area (Å²) >= 11 is 0. The second-order valence-electron chi connectivity index (χ2n) is 7.62. The monoisotopic (exact) mass is 402 g/mol. The third-order valence-electron chi connectivity index (χ3n) is 5.78. The molecule has 2 heterocycles. The Morgan fingerprint density at radius 3 is 2.68 bits per heavy atom. The summed E-state index contributed by atoms with van der Waals surface area (Å²) in [7, 11) is 0. The molecule has 150 valence electrons. The van der Waals surface area contributed by atoms with Crippen LogP contribution in [0.3, 0.4) is 0 Å². The van der Waals surface area contributed by atoms with Crippen LogP contribution >= 0.6 is 12.4 Å². The maximum absolute atomic E-state index is 12.8. The van der Waals surface area contributed by atoms with Gasteiger partial charge in [-0.3, -0.25) is 4.79 Å². The summed E-state index contributed by atoms with van der Waals surface area (Å²) in [5, 5.41) is 6.27. The molecule has 1 fully saturated rings. The highest BCUT2D eigenvalue weighted by molar-refractivity contribution is 6.05. The Bertz CT molecular complexity index is 916. The lowest BCUT2D eigenvalue weighted by atomic mass is 9.90. The number of nitrogens with one attached hydrogen (secondary N) is 2. The fourth-order valence-corrected chi connectivity index (χ4v) is 4.30. The van der Waals surface area contributed by atoms with E-state index in [1.54, 1.807) is 0 Å². The van der Waals surface area contributed by atoms with Gasteiger partial charge >= 0.3 is 5.63 Å². The van der Waals surface area contributed by atoms with Gasteiger partial charge in [-0.2, -0.15) is 0 Å². The third-order valence-corrected chi connectivity index (χ3v) is 5.78. The number of aryl methyl sites for hydroxylation is 2. The zero-order chi connectivity index (χ0) is 18.8. The van der Waals surface area contributed by atoms with Gasteiger partial charge in [0.1, 0.15) is 11.3 Å². The van der Waals surface area contributed by atoms with Gasteiger partial charge in [-0.1, -0.05) is 12.1 Å². The normalized spacial score (nSPS) is 16.8. The molecular formula is C22H27ClN2O3. The highest BCUT2D eigenvalue weighted by Crippen LogP contribution is 2.29. The van der Waals surface area contributed by atoms with E-state index < -0.39 is 5.63 Å². The van der Waals surface area contributed by atoms with E-state index in [0.29, 0.717) is 11.3 Å². The number of fused-ring (bicyclic) bond motifs is 1. The van der Waals surface area contributed by atoms with Crippen LogP contribution in [-0.4, -0.2) is 19.0 Å². The predicted octanol–water partition coefficient (Wildman–Crippen LogP) is 3.97. The van der Waals surface area contributed by atoms with Crippen molar-refractivity contribution < 1.29 is 9.21 Å². The van der Waals surface area contributed by atoms with Crippen molar-refractivity contribution in [1.29, 1.82) is 0 Å². The van der Waals surface area contributed by atoms with Crippen molar-refractivity contribution >= 4 is 24.0 Å². The number of carbonyl (C=O) groups excluding carboxylic acids is 1. The lowest BCUT2D eigenvalue weighted by Gasteiger charge is -2.22. The van der Waals surface area contributed by atoms with Gasteiger partial charge in [-0.25, -0.2) is 4.79 Å². The van der Waals surface area contributed by atoms with E-state index in [2.05, 4.69) is 16.7 Å². The summed E-state index contributed by atoms with van der Waals surface area (Å²) in [5.41, 5.74) is 3.57. The predicted molar refractivity (Wildman–Crippen MR) is 113 cm³/mol. The summed E-state index contributed by atoms with van der Waals surface area (Å²) in [6, 6.07) is 7.88. The molecule has 0 bridgehead atoms. The molecule has 5 nitrogen and oxygen atoms in total. The van der Waals surface area contributed by atoms with Crippen molar-refractivity contribution in [2.75, 3.05) is 18.4 Å². The van der Waals surface area contributed by atoms with Crippen LogP contribution in [-0.2, 0) is 12.8 Å². The third kappa shape index (κ3) is 4.15. The number of amides is 1. The number of halogens is 1. The largest absolute Gasteiger partial charge is 0.427 e. The molecule has 0 spiro atoms. The van der Waals surface area contributed by atoms with Crippen molar-refractivity contribution in [1.82, 2.24) is 5.32 Å². The van der Waals surface area contributed by atoms with Crippen LogP contribution in [0.25, 0.3) is 0 Å². The molecule has 1 aliphatic heterocycles. The Labute approximate surface area is 171 Å². The van der Waals surface area contributed by atoms with Crippen LogP contribution in [0.5, 0.6) is 0 Å². The standard InChI is InChI=1S/C22H26N2O3.ClH/c1-14-13-19(16-9-11-23-12-10-16)27-22(26)20(14)21(25)24-18-8-4-6-15-5-2-3-7-17(15)18;/h4,6,8,13,16,23H,2-3,5,7,9-12H2,1H3,(H,24,25);1H. The Morgan fingerprint density at radius 2 is 1.93 bits per heavy atom. The minimum absolute atomic E-state index is 0. The minimum Gasteiger partial charge on any atom is -0.427 e. The van der Waals surface area contributed by atoms with Crippen LogP contribution in [0, 0.1) is 6.92 Å². The van der Waals surface area contributed by atoms with Crippen molar-refractivity contribution in [3.05, 3.63) is 62.7 Å². The fraction of sp³-hybridized carbons (Fsp3) is 0.455. The van der Waals surface area contributed by atoms with Crippen molar-refractivity contribution in [2.24, 2.45) is 0 Å². The first-order valence-corrected chi connectivity index (χ1v) is 9.91. The van der Waals surface area contributed by atoms with E-state index in [1.807, 2.05) is 25.1 Å². The molecule has 4 rings (SSSR count). The zero-order valence-electron chi connectivity index (χ0n) is 16.2. The first kappa shape index (κ1) is 20.6. The summed E-state index contributed by atoms with van der Waals surface area (Å²) in [6.07, 6.45) is 6.23. The maximum atomic E-state index is 12.8. The van der Waals surface area contributed by atoms with Crippen molar-refractivity contribution in [3.8, 4) is 0 Å². The zero-order valence-corrected chi connectivity index (χ0v) is 17.0. The SMILES string of the molecule is Cc1cc(C2CCNCC2)oc(=O)c1C(=O)Nc1cccc2c1CCCC2.Cl. The lowest BCUT2D eigenvalue weighted by Crippen LogP contribution is -2.28. The molecule has 2 aromatic rings. The van der Waals surface area contributed by atoms with Crippen LogP contribution < -0.4 is 16.3 Å². The lowest BCUT2D eigenvalue weighted by molar-refractivity contribution is 0.102. The number of hydrogen-bond donors (Lipinski definition) is 2. The molecule has 28 heavy (non-hydrogen) atoms. The van der Waals surface area contributed by atoms with E-state index in [9.17, 15) is 9.59 Å². The van der Waals surface area contributed by atoms with E-state index >= 15 is 0 Å². The number of piperidine rings is 1. The minimum atomic E-state index is -0.536. The van der Waals surface area contributed by atoms with Gasteiger partial charge in [-0.05, 0) is 87.4 Å². The Morgan fingerprint density at radius 1 is 1.18 bits per heavy atom. The number of benzene rings is 1. The number of anilines is 1. The number of hydrogen-bond acceptors (Lipinski definition) is 4. The van der Waals surface area contributed by atoms with E-state index in [-0.39, 0.29) is 29.8 Å². The highest BCUT2D eigenvalue weighted by Gasteiger charge is 2.23. The molecule has 0 unspecified atom stereocenters. The van der Waals surface area contributed by atoms with Crippen molar-refractivity contribution in [3.63, 3.8) is 0 Å². The molecule has 1 aromatic heterocycles. The number of carbonyl (C=O) groups is 1. The summed E-state index contributed by atoms with van der Waals surface area (Å²) < 4.78 is 5.56. The average Bonchev–Trinajstić information content (AvgIpc) is 2.68. The van der Waals surface area contributed by atoms with Gasteiger partial charge in [0.05, 0.1) is 0 Å². The van der Waals surface area contributed by atoms with Gasteiger partial charge in [0, 0.05) is 11.6 Å². The molecule has 6 heteroatoms. The van der Waals surface area contributed by atoms with Gasteiger partial charge in [0.25, 0.3) is 5.91 Å². The smallest absolute Gasteiger partial charge is 0.349 e. The summed E-state index contributed by atoms with van der Waals surface area (Å²) in [4.78, 5) is 25.4. The van der Waals surface area contributed by atoms with Gasteiger partial charge in [0.2, 0.25) is 0 Å². The fourth-order valence-electron chi connectivity index (χ4n) is 4.30. The number of rotatable bonds is 3. The van der Waals surface area contributed by atoms with Crippen molar-refractivity contribution in [2.45, 2.75) is 51.4 Å². The Kier molecular flexibility index (Phi) is 6.57. The molecule has 2 aliphatic rings. The first-order chi connectivity index (χ1) is 13.1. The molecule has 0 saturated carbocycles. The molecule has 0 radical (unpaired) electrons. The Hall–Kier alpha value is -2.11. The summed E-state index contributed by atoms with van der Waals surface area (Å²) in [5.74, 6) is 0.570. The Balaban J connectivity index is 0.00000225.